The van der Waals surface area contributed by atoms with Crippen molar-refractivity contribution in [3.63, 3.8) is 0 Å². The Morgan fingerprint density at radius 2 is 0.506 bits per heavy atom. The first kappa shape index (κ1) is 72.0. The third kappa shape index (κ3) is 61.8. The SMILES string of the molecule is CC/C=C\C/C=C\C/C=C\C/C=C\C/C=C\C/C=C\CCCCCCC(=O)OCC(COC(=O)CCCCCCC/C=C\C/C=C\CCC)OC(=O)CCCCCCCCC/C=C\C/C=C\C/C=C\C/C=C\C/C=C\CC. The maximum absolute atomic E-state index is 12.9. The lowest BCUT2D eigenvalue weighted by molar-refractivity contribution is -0.167. The van der Waals surface area contributed by atoms with Crippen LogP contribution in [0.1, 0.15) is 252 Å². The van der Waals surface area contributed by atoms with Crippen LogP contribution in [0.4, 0.5) is 0 Å². The number of rotatable bonds is 54. The highest BCUT2D eigenvalue weighted by atomic mass is 16.6. The van der Waals surface area contributed by atoms with Crippen molar-refractivity contribution in [3.05, 3.63) is 158 Å². The molecule has 0 saturated heterocycles. The molecule has 0 saturated carbocycles. The van der Waals surface area contributed by atoms with Crippen molar-refractivity contribution < 1.29 is 28.6 Å². The number of hydrogen-bond donors (Lipinski definition) is 0. The van der Waals surface area contributed by atoms with Gasteiger partial charge in [-0.25, -0.2) is 0 Å². The summed E-state index contributed by atoms with van der Waals surface area (Å²) < 4.78 is 16.9. The molecule has 0 radical (unpaired) electrons. The molecule has 0 heterocycles. The van der Waals surface area contributed by atoms with Crippen molar-refractivity contribution in [1.82, 2.24) is 0 Å². The molecule has 0 aliphatic heterocycles. The summed E-state index contributed by atoms with van der Waals surface area (Å²) in [6.45, 7) is 6.30. The van der Waals surface area contributed by atoms with Crippen molar-refractivity contribution in [2.45, 2.75) is 258 Å². The summed E-state index contributed by atoms with van der Waals surface area (Å²) >= 11 is 0. The molecule has 0 bridgehead atoms. The zero-order chi connectivity index (χ0) is 55.7. The Kier molecular flexibility index (Phi) is 59.5. The molecule has 6 heteroatoms. The second kappa shape index (κ2) is 63.6. The first-order valence-electron chi connectivity index (χ1n) is 31.0. The molecule has 0 aromatic rings. The van der Waals surface area contributed by atoms with E-state index < -0.39 is 6.10 Å². The van der Waals surface area contributed by atoms with Crippen LogP contribution in [-0.2, 0) is 28.6 Å². The van der Waals surface area contributed by atoms with Gasteiger partial charge in [0.15, 0.2) is 6.10 Å². The van der Waals surface area contributed by atoms with Crippen LogP contribution in [0.2, 0.25) is 0 Å². The van der Waals surface area contributed by atoms with Crippen LogP contribution in [-0.4, -0.2) is 37.2 Å². The van der Waals surface area contributed by atoms with E-state index in [1.54, 1.807) is 0 Å². The molecule has 0 aliphatic rings. The van der Waals surface area contributed by atoms with Crippen LogP contribution in [0.25, 0.3) is 0 Å². The van der Waals surface area contributed by atoms with Crippen LogP contribution >= 0.6 is 0 Å². The molecule has 0 N–H and O–H groups in total. The molecular formula is C71H112O6. The van der Waals surface area contributed by atoms with E-state index in [2.05, 4.69) is 179 Å². The summed E-state index contributed by atoms with van der Waals surface area (Å²) in [7, 11) is 0. The van der Waals surface area contributed by atoms with Crippen LogP contribution in [0.5, 0.6) is 0 Å². The average Bonchev–Trinajstić information content (AvgIpc) is 3.43. The second-order valence-corrected chi connectivity index (χ2v) is 19.8. The summed E-state index contributed by atoms with van der Waals surface area (Å²) in [5.41, 5.74) is 0. The number of carbonyl (C=O) groups excluding carboxylic acids is 3. The number of esters is 3. The highest BCUT2D eigenvalue weighted by molar-refractivity contribution is 5.71. The quantitative estimate of drug-likeness (QED) is 0.0261. The monoisotopic (exact) mass is 1060 g/mol. The molecule has 0 rings (SSSR count). The lowest BCUT2D eigenvalue weighted by Gasteiger charge is -2.18. The summed E-state index contributed by atoms with van der Waals surface area (Å²) in [4.78, 5) is 38.3. The average molecular weight is 1060 g/mol. The summed E-state index contributed by atoms with van der Waals surface area (Å²) in [5.74, 6) is -0.960. The van der Waals surface area contributed by atoms with E-state index in [4.69, 9.17) is 14.2 Å². The Balaban J connectivity index is 4.47. The Morgan fingerprint density at radius 3 is 0.792 bits per heavy atom. The minimum Gasteiger partial charge on any atom is -0.462 e. The predicted molar refractivity (Wildman–Crippen MR) is 334 cm³/mol. The van der Waals surface area contributed by atoms with Crippen LogP contribution < -0.4 is 0 Å². The van der Waals surface area contributed by atoms with Crippen LogP contribution in [0.15, 0.2) is 158 Å². The zero-order valence-corrected chi connectivity index (χ0v) is 49.4. The number of hydrogen-bond acceptors (Lipinski definition) is 6. The standard InChI is InChI=1S/C71H112O6/c1-4-7-10-13-16-19-22-25-27-29-31-33-35-37-39-41-43-46-49-52-55-58-61-64-70(73)76-67-68(66-75-69(72)63-60-57-54-51-48-45-24-21-18-15-12-9-6-3)77-71(74)65-62-59-56-53-50-47-44-42-40-38-36-34-32-30-28-26-23-20-17-14-11-8-5-2/h7-8,10-12,15-17,19-21,24-28,31-34,37-40,43,46,68H,4-6,9,13-14,18,22-23,29-30,35-36,41-42,44-45,47-67H2,1-3H3/b10-7-,11-8-,15-12-,19-16-,20-17-,24-21-,27-25-,28-26-,33-31-,34-32-,39-37-,40-38-,46-43-. The van der Waals surface area contributed by atoms with Gasteiger partial charge in [0.2, 0.25) is 0 Å². The van der Waals surface area contributed by atoms with Gasteiger partial charge in [0.25, 0.3) is 0 Å². The van der Waals surface area contributed by atoms with Crippen LogP contribution in [0.3, 0.4) is 0 Å². The first-order chi connectivity index (χ1) is 38.0. The fraction of sp³-hybridized carbons (Fsp3) is 0.592. The number of carbonyl (C=O) groups is 3. The Labute approximate surface area is 473 Å². The van der Waals surface area contributed by atoms with Crippen LogP contribution in [0, 0.1) is 0 Å². The van der Waals surface area contributed by atoms with Gasteiger partial charge in [-0.2, -0.15) is 0 Å². The Hall–Kier alpha value is -4.97. The molecular weight excluding hydrogens is 949 g/mol. The summed E-state index contributed by atoms with van der Waals surface area (Å²) in [6.07, 6.45) is 92.3. The van der Waals surface area contributed by atoms with E-state index in [9.17, 15) is 14.4 Å². The zero-order valence-electron chi connectivity index (χ0n) is 49.4. The van der Waals surface area contributed by atoms with E-state index in [0.29, 0.717) is 19.3 Å². The van der Waals surface area contributed by atoms with Crippen molar-refractivity contribution in [3.8, 4) is 0 Å². The Bertz CT molecular complexity index is 1740. The van der Waals surface area contributed by atoms with Crippen molar-refractivity contribution >= 4 is 17.9 Å². The minimum absolute atomic E-state index is 0.105. The Morgan fingerprint density at radius 1 is 0.273 bits per heavy atom. The van der Waals surface area contributed by atoms with Gasteiger partial charge in [0.05, 0.1) is 0 Å². The van der Waals surface area contributed by atoms with Crippen molar-refractivity contribution in [2.75, 3.05) is 13.2 Å². The maximum Gasteiger partial charge on any atom is 0.306 e. The predicted octanol–water partition coefficient (Wildman–Crippen LogP) is 21.3. The number of ether oxygens (including phenoxy) is 3. The molecule has 0 aromatic heterocycles. The van der Waals surface area contributed by atoms with Gasteiger partial charge in [0.1, 0.15) is 13.2 Å². The summed E-state index contributed by atoms with van der Waals surface area (Å²) in [6, 6.07) is 0. The highest BCUT2D eigenvalue weighted by Crippen LogP contribution is 2.14. The lowest BCUT2D eigenvalue weighted by Crippen LogP contribution is -2.30. The number of allylic oxidation sites excluding steroid dienone is 26. The molecule has 0 spiro atoms. The van der Waals surface area contributed by atoms with Gasteiger partial charge in [0, 0.05) is 19.3 Å². The topological polar surface area (TPSA) is 78.9 Å². The molecule has 77 heavy (non-hydrogen) atoms. The molecule has 1 atom stereocenters. The fourth-order valence-electron chi connectivity index (χ4n) is 7.92. The minimum atomic E-state index is -0.810. The van der Waals surface area contributed by atoms with Gasteiger partial charge in [-0.1, -0.05) is 249 Å². The van der Waals surface area contributed by atoms with E-state index in [0.717, 1.165) is 186 Å². The molecule has 0 aromatic carbocycles. The van der Waals surface area contributed by atoms with E-state index in [1.165, 1.54) is 25.7 Å². The van der Waals surface area contributed by atoms with Gasteiger partial charge in [-0.3, -0.25) is 14.4 Å². The normalized spacial score (nSPS) is 13.2. The van der Waals surface area contributed by atoms with Gasteiger partial charge in [-0.15, -0.1) is 0 Å². The first-order valence-corrected chi connectivity index (χ1v) is 31.0. The smallest absolute Gasteiger partial charge is 0.306 e. The third-order valence-corrected chi connectivity index (χ3v) is 12.5. The molecule has 6 nitrogen and oxygen atoms in total. The number of unbranched alkanes of at least 4 members (excludes halogenated alkanes) is 17. The fourth-order valence-corrected chi connectivity index (χ4v) is 7.92. The van der Waals surface area contributed by atoms with E-state index in [1.807, 2.05) is 0 Å². The van der Waals surface area contributed by atoms with Gasteiger partial charge in [-0.05, 0) is 141 Å². The lowest BCUT2D eigenvalue weighted by atomic mass is 10.1. The maximum atomic E-state index is 12.9. The highest BCUT2D eigenvalue weighted by Gasteiger charge is 2.19. The molecule has 432 valence electrons. The van der Waals surface area contributed by atoms with E-state index >= 15 is 0 Å². The van der Waals surface area contributed by atoms with Crippen molar-refractivity contribution in [2.24, 2.45) is 0 Å². The van der Waals surface area contributed by atoms with Gasteiger partial charge >= 0.3 is 17.9 Å². The third-order valence-electron chi connectivity index (χ3n) is 12.5. The molecule has 0 fully saturated rings. The van der Waals surface area contributed by atoms with Gasteiger partial charge < -0.3 is 14.2 Å². The molecule has 0 aliphatic carbocycles. The molecule has 1 unspecified atom stereocenters. The second-order valence-electron chi connectivity index (χ2n) is 19.8. The summed E-state index contributed by atoms with van der Waals surface area (Å²) in [5, 5.41) is 0. The van der Waals surface area contributed by atoms with E-state index in [-0.39, 0.29) is 31.1 Å². The molecule has 0 amide bonds. The van der Waals surface area contributed by atoms with Crippen molar-refractivity contribution in [1.29, 1.82) is 0 Å². The largest absolute Gasteiger partial charge is 0.462 e.